The molecule has 8 heteroatoms. The summed E-state index contributed by atoms with van der Waals surface area (Å²) >= 11 is 1.23. The van der Waals surface area contributed by atoms with Gasteiger partial charge >= 0.3 is 0 Å². The zero-order valence-corrected chi connectivity index (χ0v) is 14.7. The molecule has 2 aromatic carbocycles. The summed E-state index contributed by atoms with van der Waals surface area (Å²) in [6.07, 6.45) is 0. The third kappa shape index (κ3) is 2.87. The van der Waals surface area contributed by atoms with Crippen molar-refractivity contribution >= 4 is 28.6 Å². The van der Waals surface area contributed by atoms with Gasteiger partial charge in [0.25, 0.3) is 5.91 Å². The van der Waals surface area contributed by atoms with Crippen molar-refractivity contribution in [3.63, 3.8) is 0 Å². The molecule has 0 aromatic heterocycles. The number of ketones is 1. The standard InChI is InChI=1S/C19H14FN3O3S/c20-13-9-5-4-8-12(13)15-14(16(24)11-6-2-1-3-7-11)17(25)18(26)23(15)19-22-21-10-27-19/h1-9,15,21,25H,10H2. The minimum atomic E-state index is -1.10. The Hall–Kier alpha value is -3.13. The molecule has 136 valence electrons. The maximum absolute atomic E-state index is 14.6. The van der Waals surface area contributed by atoms with Crippen molar-refractivity contribution in [1.82, 2.24) is 10.3 Å². The highest BCUT2D eigenvalue weighted by atomic mass is 32.2. The van der Waals surface area contributed by atoms with Crippen LogP contribution in [0.25, 0.3) is 0 Å². The number of aliphatic hydroxyl groups is 1. The van der Waals surface area contributed by atoms with Crippen LogP contribution in [0.2, 0.25) is 0 Å². The molecule has 1 atom stereocenters. The fourth-order valence-electron chi connectivity index (χ4n) is 3.12. The van der Waals surface area contributed by atoms with Crippen LogP contribution in [-0.2, 0) is 4.79 Å². The molecule has 2 aliphatic rings. The third-order valence-electron chi connectivity index (χ3n) is 4.34. The average Bonchev–Trinajstić information content (AvgIpc) is 3.30. The molecule has 2 N–H and O–H groups in total. The third-order valence-corrected chi connectivity index (χ3v) is 5.15. The number of carbonyl (C=O) groups is 2. The fourth-order valence-corrected chi connectivity index (χ4v) is 3.84. The topological polar surface area (TPSA) is 82.0 Å². The summed E-state index contributed by atoms with van der Waals surface area (Å²) in [6, 6.07) is 13.0. The van der Waals surface area contributed by atoms with Gasteiger partial charge in [-0.05, 0) is 6.07 Å². The summed E-state index contributed by atoms with van der Waals surface area (Å²) < 4.78 is 14.6. The van der Waals surface area contributed by atoms with Crippen LogP contribution in [0.4, 0.5) is 4.39 Å². The van der Waals surface area contributed by atoms with Gasteiger partial charge in [-0.1, -0.05) is 60.3 Å². The average molecular weight is 383 g/mol. The van der Waals surface area contributed by atoms with Crippen LogP contribution in [0.15, 0.2) is 71.0 Å². The van der Waals surface area contributed by atoms with E-state index in [0.717, 1.165) is 4.90 Å². The van der Waals surface area contributed by atoms with Crippen LogP contribution in [0.3, 0.4) is 0 Å². The highest BCUT2D eigenvalue weighted by molar-refractivity contribution is 8.14. The van der Waals surface area contributed by atoms with Gasteiger partial charge in [0.05, 0.1) is 11.4 Å². The first-order chi connectivity index (χ1) is 13.1. The number of hydrogen-bond acceptors (Lipinski definition) is 6. The lowest BCUT2D eigenvalue weighted by atomic mass is 9.92. The van der Waals surface area contributed by atoms with Gasteiger partial charge in [0.2, 0.25) is 0 Å². The van der Waals surface area contributed by atoms with Gasteiger partial charge in [-0.25, -0.2) is 4.39 Å². The van der Waals surface area contributed by atoms with Crippen molar-refractivity contribution in [2.75, 3.05) is 5.88 Å². The maximum atomic E-state index is 14.6. The van der Waals surface area contributed by atoms with Gasteiger partial charge in [0.15, 0.2) is 16.7 Å². The Balaban J connectivity index is 1.88. The number of aliphatic hydroxyl groups excluding tert-OH is 1. The number of hydrazone groups is 1. The monoisotopic (exact) mass is 383 g/mol. The van der Waals surface area contributed by atoms with E-state index in [4.69, 9.17) is 0 Å². The molecule has 0 fully saturated rings. The minimum absolute atomic E-state index is 0.115. The first kappa shape index (κ1) is 17.3. The Kier molecular flexibility index (Phi) is 4.41. The van der Waals surface area contributed by atoms with Crippen molar-refractivity contribution in [2.24, 2.45) is 5.10 Å². The molecule has 6 nitrogen and oxygen atoms in total. The van der Waals surface area contributed by atoms with Gasteiger partial charge in [0.1, 0.15) is 11.9 Å². The molecule has 0 saturated heterocycles. The number of carbonyl (C=O) groups excluding carboxylic acids is 2. The van der Waals surface area contributed by atoms with Gasteiger partial charge in [-0.3, -0.25) is 19.9 Å². The summed E-state index contributed by atoms with van der Waals surface area (Å²) in [5.74, 6) is -2.14. The molecule has 2 aromatic rings. The van der Waals surface area contributed by atoms with Crippen molar-refractivity contribution in [2.45, 2.75) is 6.04 Å². The second-order valence-electron chi connectivity index (χ2n) is 5.90. The molecule has 0 spiro atoms. The molecule has 1 unspecified atom stereocenters. The highest BCUT2D eigenvalue weighted by Crippen LogP contribution is 2.41. The van der Waals surface area contributed by atoms with E-state index in [2.05, 4.69) is 10.5 Å². The molecule has 0 saturated carbocycles. The molecule has 0 radical (unpaired) electrons. The molecule has 1 amide bonds. The van der Waals surface area contributed by atoms with E-state index < -0.39 is 29.3 Å². The number of nitrogens with zero attached hydrogens (tertiary/aromatic N) is 2. The number of amides is 1. The zero-order chi connectivity index (χ0) is 19.0. The van der Waals surface area contributed by atoms with Gasteiger partial charge in [-0.2, -0.15) is 5.10 Å². The van der Waals surface area contributed by atoms with Crippen molar-refractivity contribution in [1.29, 1.82) is 0 Å². The van der Waals surface area contributed by atoms with E-state index in [-0.39, 0.29) is 16.3 Å². The van der Waals surface area contributed by atoms with E-state index in [0.29, 0.717) is 11.4 Å². The summed E-state index contributed by atoms with van der Waals surface area (Å²) in [4.78, 5) is 27.0. The molecule has 4 rings (SSSR count). The molecular weight excluding hydrogens is 369 g/mol. The number of amidine groups is 1. The Morgan fingerprint density at radius 2 is 1.89 bits per heavy atom. The lowest BCUT2D eigenvalue weighted by Gasteiger charge is -2.25. The predicted octanol–water partition coefficient (Wildman–Crippen LogP) is 2.97. The highest BCUT2D eigenvalue weighted by Gasteiger charge is 2.47. The SMILES string of the molecule is O=C(C1=C(O)C(=O)N(C2=NNCS2)C1c1ccccc1F)c1ccccc1. The lowest BCUT2D eigenvalue weighted by Crippen LogP contribution is -2.35. The normalized spacial score (nSPS) is 19.3. The summed E-state index contributed by atoms with van der Waals surface area (Å²) in [6.45, 7) is 0. The Labute approximate surface area is 158 Å². The fraction of sp³-hybridized carbons (Fsp3) is 0.105. The first-order valence-corrected chi connectivity index (χ1v) is 9.12. The van der Waals surface area contributed by atoms with E-state index in [1.54, 1.807) is 36.4 Å². The molecular formula is C19H14FN3O3S. The summed E-state index contributed by atoms with van der Waals surface area (Å²) in [5.41, 5.74) is 2.98. The van der Waals surface area contributed by atoms with Gasteiger partial charge in [-0.15, -0.1) is 0 Å². The zero-order valence-electron chi connectivity index (χ0n) is 13.9. The van der Waals surface area contributed by atoms with E-state index in [9.17, 15) is 19.1 Å². The van der Waals surface area contributed by atoms with Crippen LogP contribution >= 0.6 is 11.8 Å². The number of thioether (sulfide) groups is 1. The van der Waals surface area contributed by atoms with Crippen LogP contribution in [0.1, 0.15) is 22.0 Å². The number of Topliss-reactive ketones (excluding diaryl/α,β-unsaturated/α-hetero) is 1. The maximum Gasteiger partial charge on any atom is 0.296 e. The number of halogens is 1. The molecule has 0 aliphatic carbocycles. The largest absolute Gasteiger partial charge is 0.503 e. The molecule has 2 heterocycles. The second-order valence-corrected chi connectivity index (χ2v) is 6.84. The van der Waals surface area contributed by atoms with Crippen LogP contribution in [0, 0.1) is 5.82 Å². The smallest absolute Gasteiger partial charge is 0.296 e. The first-order valence-electron chi connectivity index (χ1n) is 8.14. The molecule has 27 heavy (non-hydrogen) atoms. The Morgan fingerprint density at radius 3 is 2.56 bits per heavy atom. The predicted molar refractivity (Wildman–Crippen MR) is 99.4 cm³/mol. The minimum Gasteiger partial charge on any atom is -0.503 e. The number of nitrogens with one attached hydrogen (secondary N) is 1. The van der Waals surface area contributed by atoms with E-state index in [1.165, 1.54) is 30.0 Å². The Morgan fingerprint density at radius 1 is 1.19 bits per heavy atom. The van der Waals surface area contributed by atoms with Gasteiger partial charge in [0, 0.05) is 11.1 Å². The van der Waals surface area contributed by atoms with Crippen LogP contribution in [0.5, 0.6) is 0 Å². The molecule has 2 aliphatic heterocycles. The number of hydrogen-bond donors (Lipinski definition) is 2. The summed E-state index contributed by atoms with van der Waals surface area (Å²) in [7, 11) is 0. The second kappa shape index (κ2) is 6.88. The van der Waals surface area contributed by atoms with E-state index >= 15 is 0 Å². The lowest BCUT2D eigenvalue weighted by molar-refractivity contribution is -0.125. The van der Waals surface area contributed by atoms with Gasteiger partial charge < -0.3 is 5.11 Å². The summed E-state index contributed by atoms with van der Waals surface area (Å²) in [5, 5.41) is 14.8. The molecule has 0 bridgehead atoms. The van der Waals surface area contributed by atoms with Crippen molar-refractivity contribution in [3.8, 4) is 0 Å². The van der Waals surface area contributed by atoms with Crippen LogP contribution < -0.4 is 5.43 Å². The number of rotatable bonds is 3. The van der Waals surface area contributed by atoms with Crippen molar-refractivity contribution in [3.05, 3.63) is 82.9 Å². The number of benzene rings is 2. The van der Waals surface area contributed by atoms with Crippen molar-refractivity contribution < 1.29 is 19.1 Å². The van der Waals surface area contributed by atoms with Crippen LogP contribution in [-0.4, -0.2) is 32.7 Å². The van der Waals surface area contributed by atoms with E-state index in [1.807, 2.05) is 0 Å². The quantitative estimate of drug-likeness (QED) is 0.797. The Bertz CT molecular complexity index is 991.